The van der Waals surface area contributed by atoms with E-state index in [2.05, 4.69) is 25.8 Å². The lowest BCUT2D eigenvalue weighted by Crippen LogP contribution is -2.29. The highest BCUT2D eigenvalue weighted by Gasteiger charge is 2.48. The van der Waals surface area contributed by atoms with Crippen molar-refractivity contribution in [3.63, 3.8) is 0 Å². The van der Waals surface area contributed by atoms with Gasteiger partial charge in [-0.3, -0.25) is 14.5 Å². The van der Waals surface area contributed by atoms with E-state index < -0.39 is 23.5 Å². The Bertz CT molecular complexity index is 1530. The van der Waals surface area contributed by atoms with Gasteiger partial charge < -0.3 is 5.11 Å². The lowest BCUT2D eigenvalue weighted by molar-refractivity contribution is -0.132. The van der Waals surface area contributed by atoms with Crippen molar-refractivity contribution < 1.29 is 19.1 Å². The van der Waals surface area contributed by atoms with Gasteiger partial charge in [-0.05, 0) is 41.7 Å². The second kappa shape index (κ2) is 8.68. The highest BCUT2D eigenvalue weighted by atomic mass is 32.1. The van der Waals surface area contributed by atoms with Crippen LogP contribution in [0, 0.1) is 12.7 Å². The summed E-state index contributed by atoms with van der Waals surface area (Å²) in [5.74, 6) is -2.22. The Morgan fingerprint density at radius 3 is 2.31 bits per heavy atom. The number of rotatable bonds is 3. The van der Waals surface area contributed by atoms with Crippen LogP contribution in [-0.4, -0.2) is 21.8 Å². The van der Waals surface area contributed by atoms with Gasteiger partial charge in [-0.25, -0.2) is 9.37 Å². The Morgan fingerprint density at radius 2 is 1.67 bits per heavy atom. The molecule has 1 aliphatic heterocycles. The number of benzene rings is 3. The zero-order chi connectivity index (χ0) is 25.8. The first-order chi connectivity index (χ1) is 17.0. The Labute approximate surface area is 212 Å². The molecule has 1 amide bonds. The second-order valence-corrected chi connectivity index (χ2v) is 11.0. The van der Waals surface area contributed by atoms with Crippen LogP contribution in [0.25, 0.3) is 16.0 Å². The van der Waals surface area contributed by atoms with Gasteiger partial charge in [-0.1, -0.05) is 86.2 Å². The fourth-order valence-electron chi connectivity index (χ4n) is 4.37. The van der Waals surface area contributed by atoms with Crippen molar-refractivity contribution in [2.75, 3.05) is 4.90 Å². The van der Waals surface area contributed by atoms with Gasteiger partial charge in [-0.2, -0.15) is 0 Å². The maximum Gasteiger partial charge on any atom is 0.301 e. The van der Waals surface area contributed by atoms with E-state index in [9.17, 15) is 19.1 Å². The van der Waals surface area contributed by atoms with Crippen molar-refractivity contribution in [3.8, 4) is 0 Å². The summed E-state index contributed by atoms with van der Waals surface area (Å²) in [5.41, 5.74) is 3.65. The summed E-state index contributed by atoms with van der Waals surface area (Å²) in [6.07, 6.45) is 0. The average molecular weight is 501 g/mol. The molecule has 1 N–H and O–H groups in total. The number of fused-ring (bicyclic) bond motifs is 1. The molecule has 0 unspecified atom stereocenters. The van der Waals surface area contributed by atoms with E-state index in [1.54, 1.807) is 18.2 Å². The summed E-state index contributed by atoms with van der Waals surface area (Å²) < 4.78 is 14.4. The molecule has 0 saturated carbocycles. The van der Waals surface area contributed by atoms with E-state index in [1.165, 1.54) is 17.0 Å². The van der Waals surface area contributed by atoms with Gasteiger partial charge in [0.2, 0.25) is 0 Å². The van der Waals surface area contributed by atoms with E-state index in [-0.39, 0.29) is 21.9 Å². The highest BCUT2D eigenvalue weighted by Crippen LogP contribution is 2.44. The molecule has 1 atom stereocenters. The van der Waals surface area contributed by atoms with Crippen LogP contribution in [-0.2, 0) is 15.0 Å². The number of anilines is 1. The number of Topliss-reactive ketones (excluding diaryl/α,β-unsaturated/α-hetero) is 1. The zero-order valence-electron chi connectivity index (χ0n) is 20.4. The van der Waals surface area contributed by atoms with E-state index in [0.717, 1.165) is 22.5 Å². The Kier molecular flexibility index (Phi) is 5.75. The molecule has 1 saturated heterocycles. The van der Waals surface area contributed by atoms with Crippen molar-refractivity contribution in [2.24, 2.45) is 0 Å². The molecule has 5 nitrogen and oxygen atoms in total. The zero-order valence-corrected chi connectivity index (χ0v) is 21.2. The van der Waals surface area contributed by atoms with Gasteiger partial charge in [0.1, 0.15) is 11.6 Å². The maximum atomic E-state index is 13.8. The predicted molar refractivity (Wildman–Crippen MR) is 141 cm³/mol. The molecule has 0 aliphatic carbocycles. The number of hydrogen-bond donors (Lipinski definition) is 1. The molecule has 2 heterocycles. The minimum atomic E-state index is -0.884. The van der Waals surface area contributed by atoms with Crippen LogP contribution in [0.1, 0.15) is 49.1 Å². The molecule has 36 heavy (non-hydrogen) atoms. The number of aliphatic hydroxyl groups is 1. The molecule has 182 valence electrons. The summed E-state index contributed by atoms with van der Waals surface area (Å²) in [6.45, 7) is 8.23. The number of carbonyl (C=O) groups is 2. The topological polar surface area (TPSA) is 70.5 Å². The Morgan fingerprint density at radius 1 is 1.00 bits per heavy atom. The first kappa shape index (κ1) is 23.9. The number of aromatic nitrogens is 1. The minimum Gasteiger partial charge on any atom is -0.507 e. The standard InChI is InChI=1S/C29H25FN2O3S/c1-16-5-7-18(8-6-16)25(33)23-24(17-9-11-19(12-10-17)29(2,3)4)32(27(35)26(23)34)28-31-21-14-13-20(30)15-22(21)36-28/h5-15,24,33H,1-4H3/b25-23+/t24-/m1/s1. The second-order valence-electron chi connectivity index (χ2n) is 10.0. The van der Waals surface area contributed by atoms with E-state index in [0.29, 0.717) is 21.3 Å². The van der Waals surface area contributed by atoms with Crippen LogP contribution >= 0.6 is 11.3 Å². The third kappa shape index (κ3) is 4.09. The lowest BCUT2D eigenvalue weighted by Gasteiger charge is -2.24. The van der Waals surface area contributed by atoms with Crippen molar-refractivity contribution in [3.05, 3.63) is 100 Å². The molecular weight excluding hydrogens is 475 g/mol. The molecule has 7 heteroatoms. The summed E-state index contributed by atoms with van der Waals surface area (Å²) >= 11 is 1.13. The SMILES string of the molecule is Cc1ccc(/C(O)=C2\C(=O)C(=O)N(c3nc4ccc(F)cc4s3)[C@@H]2c2ccc(C(C)(C)C)cc2)cc1. The van der Waals surface area contributed by atoms with Crippen LogP contribution in [0.2, 0.25) is 0 Å². The summed E-state index contributed by atoms with van der Waals surface area (Å²) in [4.78, 5) is 32.6. The lowest BCUT2D eigenvalue weighted by atomic mass is 9.85. The van der Waals surface area contributed by atoms with Gasteiger partial charge in [0.05, 0.1) is 21.8 Å². The fourth-order valence-corrected chi connectivity index (χ4v) is 5.38. The number of halogens is 1. The van der Waals surface area contributed by atoms with Crippen LogP contribution in [0.5, 0.6) is 0 Å². The Balaban J connectivity index is 1.71. The number of carbonyl (C=O) groups excluding carboxylic acids is 2. The first-order valence-corrected chi connectivity index (χ1v) is 12.4. The minimum absolute atomic E-state index is 0.00204. The maximum absolute atomic E-state index is 13.8. The van der Waals surface area contributed by atoms with Crippen LogP contribution < -0.4 is 4.90 Å². The molecule has 4 aromatic rings. The number of nitrogens with zero attached hydrogens (tertiary/aromatic N) is 2. The van der Waals surface area contributed by atoms with Crippen molar-refractivity contribution >= 4 is 44.1 Å². The van der Waals surface area contributed by atoms with E-state index >= 15 is 0 Å². The molecular formula is C29H25FN2O3S. The Hall–Kier alpha value is -3.84. The van der Waals surface area contributed by atoms with Crippen molar-refractivity contribution in [1.29, 1.82) is 0 Å². The molecule has 5 rings (SSSR count). The molecule has 1 aromatic heterocycles. The molecule has 3 aromatic carbocycles. The monoisotopic (exact) mass is 500 g/mol. The number of ketones is 1. The van der Waals surface area contributed by atoms with Crippen LogP contribution in [0.15, 0.2) is 72.3 Å². The molecule has 1 fully saturated rings. The number of aryl methyl sites for hydroxylation is 1. The number of amides is 1. The largest absolute Gasteiger partial charge is 0.507 e. The summed E-state index contributed by atoms with van der Waals surface area (Å²) in [5, 5.41) is 11.5. The third-order valence-electron chi connectivity index (χ3n) is 6.41. The number of aliphatic hydroxyl groups excluding tert-OH is 1. The van der Waals surface area contributed by atoms with E-state index in [1.807, 2.05) is 43.3 Å². The van der Waals surface area contributed by atoms with Gasteiger partial charge in [0.25, 0.3) is 5.78 Å². The molecule has 1 aliphatic rings. The molecule has 0 radical (unpaired) electrons. The first-order valence-electron chi connectivity index (χ1n) is 11.6. The number of hydrogen-bond acceptors (Lipinski definition) is 5. The summed E-state index contributed by atoms with van der Waals surface area (Å²) in [7, 11) is 0. The smallest absolute Gasteiger partial charge is 0.301 e. The van der Waals surface area contributed by atoms with Crippen LogP contribution in [0.3, 0.4) is 0 Å². The van der Waals surface area contributed by atoms with Gasteiger partial charge in [0, 0.05) is 5.56 Å². The third-order valence-corrected chi connectivity index (χ3v) is 7.42. The number of thiazole rings is 1. The van der Waals surface area contributed by atoms with Crippen molar-refractivity contribution in [1.82, 2.24) is 4.98 Å². The molecule has 0 spiro atoms. The quantitative estimate of drug-likeness (QED) is 0.194. The van der Waals surface area contributed by atoms with Gasteiger partial charge in [-0.15, -0.1) is 0 Å². The average Bonchev–Trinajstić information content (AvgIpc) is 3.36. The molecule has 0 bridgehead atoms. The van der Waals surface area contributed by atoms with Gasteiger partial charge in [0.15, 0.2) is 5.13 Å². The van der Waals surface area contributed by atoms with Crippen molar-refractivity contribution in [2.45, 2.75) is 39.2 Å². The predicted octanol–water partition coefficient (Wildman–Crippen LogP) is 6.67. The highest BCUT2D eigenvalue weighted by molar-refractivity contribution is 7.22. The normalized spacial score (nSPS) is 17.8. The summed E-state index contributed by atoms with van der Waals surface area (Å²) in [6, 6.07) is 18.1. The van der Waals surface area contributed by atoms with Crippen LogP contribution in [0.4, 0.5) is 9.52 Å². The van der Waals surface area contributed by atoms with E-state index in [4.69, 9.17) is 0 Å². The van der Waals surface area contributed by atoms with Gasteiger partial charge >= 0.3 is 5.91 Å². The fraction of sp³-hybridized carbons (Fsp3) is 0.207.